The monoisotopic (exact) mass is 352 g/mol. The molecule has 0 saturated heterocycles. The van der Waals surface area contributed by atoms with E-state index >= 15 is 0 Å². The summed E-state index contributed by atoms with van der Waals surface area (Å²) in [5, 5.41) is 6.70. The van der Waals surface area contributed by atoms with Crippen molar-refractivity contribution < 1.29 is 14.1 Å². The quantitative estimate of drug-likeness (QED) is 0.628. The number of benzene rings is 1. The van der Waals surface area contributed by atoms with Crippen molar-refractivity contribution in [1.29, 1.82) is 0 Å². The van der Waals surface area contributed by atoms with Crippen LogP contribution in [0.25, 0.3) is 11.3 Å². The lowest BCUT2D eigenvalue weighted by Crippen LogP contribution is -2.14. The van der Waals surface area contributed by atoms with Crippen molar-refractivity contribution in [2.45, 2.75) is 19.8 Å². The fourth-order valence-corrected chi connectivity index (χ4v) is 2.39. The van der Waals surface area contributed by atoms with Gasteiger partial charge in [-0.15, -0.1) is 0 Å². The van der Waals surface area contributed by atoms with Crippen LogP contribution in [0.4, 0.5) is 11.6 Å². The van der Waals surface area contributed by atoms with Gasteiger partial charge in [-0.3, -0.25) is 9.78 Å². The molecule has 0 unspecified atom stereocenters. The van der Waals surface area contributed by atoms with Crippen LogP contribution >= 0.6 is 0 Å². The summed E-state index contributed by atoms with van der Waals surface area (Å²) in [4.78, 5) is 16.6. The molecule has 0 fully saturated rings. The minimum Gasteiger partial charge on any atom is -0.494 e. The summed E-state index contributed by atoms with van der Waals surface area (Å²) in [6.45, 7) is 2.79. The summed E-state index contributed by atoms with van der Waals surface area (Å²) < 4.78 is 10.6. The van der Waals surface area contributed by atoms with Gasteiger partial charge in [0, 0.05) is 23.6 Å². The molecule has 1 amide bonds. The molecule has 3 rings (SSSR count). The van der Waals surface area contributed by atoms with E-state index in [1.165, 1.54) is 0 Å². The number of nitrogens with one attached hydrogen (secondary N) is 1. The van der Waals surface area contributed by atoms with Gasteiger partial charge in [-0.2, -0.15) is 0 Å². The number of carbonyl (C=O) groups excluding carboxylic acids is 1. The van der Waals surface area contributed by atoms with Gasteiger partial charge in [-0.05, 0) is 42.8 Å². The molecule has 7 heteroatoms. The number of carbonyl (C=O) groups is 1. The van der Waals surface area contributed by atoms with Gasteiger partial charge in [0.25, 0.3) is 5.91 Å². The molecule has 0 aliphatic heterocycles. The number of anilines is 2. The second kappa shape index (κ2) is 8.15. The van der Waals surface area contributed by atoms with E-state index in [-0.39, 0.29) is 11.4 Å². The Morgan fingerprint density at radius 3 is 2.62 bits per heavy atom. The fourth-order valence-electron chi connectivity index (χ4n) is 2.39. The van der Waals surface area contributed by atoms with Gasteiger partial charge in [0.05, 0.1) is 6.61 Å². The average molecular weight is 352 g/mol. The second-order valence-electron chi connectivity index (χ2n) is 5.69. The van der Waals surface area contributed by atoms with E-state index in [9.17, 15) is 4.79 Å². The van der Waals surface area contributed by atoms with Crippen molar-refractivity contribution >= 4 is 17.5 Å². The lowest BCUT2D eigenvalue weighted by atomic mass is 10.1. The van der Waals surface area contributed by atoms with Crippen molar-refractivity contribution in [3.63, 3.8) is 0 Å². The van der Waals surface area contributed by atoms with Crippen molar-refractivity contribution in [2.24, 2.45) is 0 Å². The molecular formula is C19H20N4O3. The molecular weight excluding hydrogens is 332 g/mol. The number of amides is 1. The highest BCUT2D eigenvalue weighted by atomic mass is 16.5. The van der Waals surface area contributed by atoms with Gasteiger partial charge in [-0.1, -0.05) is 18.5 Å². The lowest BCUT2D eigenvalue weighted by molar-refractivity contribution is 0.102. The average Bonchev–Trinajstić information content (AvgIpc) is 3.06. The number of aromatic nitrogens is 2. The Bertz CT molecular complexity index is 860. The molecule has 0 spiro atoms. The molecule has 0 aliphatic rings. The third-order valence-corrected chi connectivity index (χ3v) is 3.78. The summed E-state index contributed by atoms with van der Waals surface area (Å²) in [6.07, 6.45) is 5.30. The maximum atomic E-state index is 12.6. The molecule has 7 nitrogen and oxygen atoms in total. The highest BCUT2D eigenvalue weighted by Gasteiger charge is 2.22. The minimum absolute atomic E-state index is 0.0335. The minimum atomic E-state index is -0.393. The lowest BCUT2D eigenvalue weighted by Gasteiger charge is -2.08. The number of nitrogens with zero attached hydrogens (tertiary/aromatic N) is 2. The molecule has 3 aromatic rings. The fraction of sp³-hybridized carbons (Fsp3) is 0.211. The number of hydrogen-bond donors (Lipinski definition) is 2. The molecule has 26 heavy (non-hydrogen) atoms. The van der Waals surface area contributed by atoms with E-state index in [0.717, 1.165) is 18.6 Å². The third-order valence-electron chi connectivity index (χ3n) is 3.78. The van der Waals surface area contributed by atoms with Crippen molar-refractivity contribution in [3.8, 4) is 17.0 Å². The molecule has 1 aromatic carbocycles. The van der Waals surface area contributed by atoms with Crippen LogP contribution in [-0.2, 0) is 0 Å². The Hall–Kier alpha value is -3.35. The summed E-state index contributed by atoms with van der Waals surface area (Å²) in [5.74, 6) is 0.336. The number of hydrogen-bond acceptors (Lipinski definition) is 6. The van der Waals surface area contributed by atoms with Gasteiger partial charge >= 0.3 is 0 Å². The Kier molecular flexibility index (Phi) is 5.48. The van der Waals surface area contributed by atoms with Crippen LogP contribution in [0.1, 0.15) is 30.1 Å². The molecule has 134 valence electrons. The summed E-state index contributed by atoms with van der Waals surface area (Å²) in [5.41, 5.74) is 7.69. The zero-order valence-corrected chi connectivity index (χ0v) is 14.4. The molecule has 2 heterocycles. The number of nitrogens with two attached hydrogens (primary N) is 1. The van der Waals surface area contributed by atoms with Gasteiger partial charge in [-0.25, -0.2) is 0 Å². The number of unbranched alkanes of at least 4 members (excludes halogenated alkanes) is 1. The van der Waals surface area contributed by atoms with Crippen LogP contribution in [0.2, 0.25) is 0 Å². The van der Waals surface area contributed by atoms with E-state index in [4.69, 9.17) is 15.0 Å². The largest absolute Gasteiger partial charge is 0.494 e. The first-order chi connectivity index (χ1) is 12.7. The van der Waals surface area contributed by atoms with Gasteiger partial charge in [0.15, 0.2) is 0 Å². The molecule has 2 aromatic heterocycles. The van der Waals surface area contributed by atoms with E-state index in [1.807, 2.05) is 12.1 Å². The standard InChI is InChI=1S/C19H20N4O3/c1-2-3-12-25-15-6-4-14(5-7-15)22-19(24)16-17(23-26-18(16)20)13-8-10-21-11-9-13/h4-11H,2-3,12,20H2,1H3,(H,22,24). The molecule has 0 saturated carbocycles. The predicted octanol–water partition coefficient (Wildman–Crippen LogP) is 3.75. The zero-order valence-electron chi connectivity index (χ0n) is 14.4. The maximum Gasteiger partial charge on any atom is 0.263 e. The number of ether oxygens (including phenoxy) is 1. The first kappa shape index (κ1) is 17.5. The van der Waals surface area contributed by atoms with Crippen LogP contribution in [0, 0.1) is 0 Å². The highest BCUT2D eigenvalue weighted by molar-refractivity contribution is 6.10. The Morgan fingerprint density at radius 1 is 1.19 bits per heavy atom. The third kappa shape index (κ3) is 4.00. The number of nitrogen functional groups attached to an aromatic ring is 1. The van der Waals surface area contributed by atoms with Crippen LogP contribution in [0.3, 0.4) is 0 Å². The predicted molar refractivity (Wildman–Crippen MR) is 98.9 cm³/mol. The molecule has 0 aliphatic carbocycles. The summed E-state index contributed by atoms with van der Waals surface area (Å²) in [7, 11) is 0. The van der Waals surface area contributed by atoms with Crippen LogP contribution < -0.4 is 15.8 Å². The molecule has 3 N–H and O–H groups in total. The van der Waals surface area contributed by atoms with E-state index in [1.54, 1.807) is 36.7 Å². The van der Waals surface area contributed by atoms with E-state index in [0.29, 0.717) is 23.6 Å². The number of rotatable bonds is 7. The van der Waals surface area contributed by atoms with Gasteiger partial charge in [0.2, 0.25) is 5.88 Å². The Morgan fingerprint density at radius 2 is 1.92 bits per heavy atom. The van der Waals surface area contributed by atoms with Crippen molar-refractivity contribution in [3.05, 3.63) is 54.4 Å². The number of pyridine rings is 1. The Balaban J connectivity index is 1.74. The van der Waals surface area contributed by atoms with E-state index < -0.39 is 5.91 Å². The highest BCUT2D eigenvalue weighted by Crippen LogP contribution is 2.27. The van der Waals surface area contributed by atoms with E-state index in [2.05, 4.69) is 22.4 Å². The van der Waals surface area contributed by atoms with Crippen molar-refractivity contribution in [1.82, 2.24) is 10.1 Å². The van der Waals surface area contributed by atoms with Gasteiger partial charge < -0.3 is 20.3 Å². The first-order valence-electron chi connectivity index (χ1n) is 8.38. The first-order valence-corrected chi connectivity index (χ1v) is 8.38. The topological polar surface area (TPSA) is 103 Å². The van der Waals surface area contributed by atoms with Crippen LogP contribution in [-0.4, -0.2) is 22.7 Å². The molecule has 0 radical (unpaired) electrons. The van der Waals surface area contributed by atoms with Crippen molar-refractivity contribution in [2.75, 3.05) is 17.7 Å². The van der Waals surface area contributed by atoms with Crippen LogP contribution in [0.5, 0.6) is 5.75 Å². The smallest absolute Gasteiger partial charge is 0.263 e. The summed E-state index contributed by atoms with van der Waals surface area (Å²) in [6, 6.07) is 10.6. The summed E-state index contributed by atoms with van der Waals surface area (Å²) >= 11 is 0. The second-order valence-corrected chi connectivity index (χ2v) is 5.69. The Labute approximate surface area is 151 Å². The zero-order chi connectivity index (χ0) is 18.4. The SMILES string of the molecule is CCCCOc1ccc(NC(=O)c2c(-c3ccncc3)noc2N)cc1. The molecule has 0 bridgehead atoms. The maximum absolute atomic E-state index is 12.6. The normalized spacial score (nSPS) is 10.5. The molecule has 0 atom stereocenters. The van der Waals surface area contributed by atoms with Gasteiger partial charge in [0.1, 0.15) is 17.0 Å². The van der Waals surface area contributed by atoms with Crippen LogP contribution in [0.15, 0.2) is 53.3 Å².